The first-order valence-electron chi connectivity index (χ1n) is 9.19. The van der Waals surface area contributed by atoms with Crippen LogP contribution in [-0.2, 0) is 9.59 Å². The van der Waals surface area contributed by atoms with Crippen LogP contribution < -0.4 is 4.74 Å². The van der Waals surface area contributed by atoms with Crippen LogP contribution >= 0.6 is 0 Å². The maximum atomic E-state index is 12.5. The van der Waals surface area contributed by atoms with Crippen molar-refractivity contribution in [1.82, 2.24) is 19.6 Å². The summed E-state index contributed by atoms with van der Waals surface area (Å²) in [6, 6.07) is 8.65. The summed E-state index contributed by atoms with van der Waals surface area (Å²) in [4.78, 5) is 42.9. The predicted molar refractivity (Wildman–Crippen MR) is 99.3 cm³/mol. The Balaban J connectivity index is 1.40. The molecule has 2 aliphatic heterocycles. The molecule has 0 spiro atoms. The molecule has 27 heavy (non-hydrogen) atoms. The van der Waals surface area contributed by atoms with Gasteiger partial charge in [-0.15, -0.1) is 0 Å². The van der Waals surface area contributed by atoms with Crippen LogP contribution in [0.3, 0.4) is 0 Å². The van der Waals surface area contributed by atoms with E-state index in [1.807, 2.05) is 30.3 Å². The van der Waals surface area contributed by atoms with Crippen LogP contribution in [0.4, 0.5) is 4.79 Å². The van der Waals surface area contributed by atoms with Crippen LogP contribution in [0, 0.1) is 0 Å². The molecule has 0 unspecified atom stereocenters. The molecule has 1 aromatic carbocycles. The predicted octanol–water partition coefficient (Wildman–Crippen LogP) is 0.492. The fourth-order valence-corrected chi connectivity index (χ4v) is 3.40. The zero-order chi connectivity index (χ0) is 19.4. The smallest absolute Gasteiger partial charge is 0.326 e. The fourth-order valence-electron chi connectivity index (χ4n) is 3.40. The number of hydrogen-bond acceptors (Lipinski definition) is 5. The topological polar surface area (TPSA) is 73.4 Å². The lowest BCUT2D eigenvalue weighted by molar-refractivity contribution is -0.137. The Bertz CT molecular complexity index is 688. The summed E-state index contributed by atoms with van der Waals surface area (Å²) in [6.07, 6.45) is 0.0442. The lowest BCUT2D eigenvalue weighted by Gasteiger charge is -2.35. The number of amides is 4. The van der Waals surface area contributed by atoms with E-state index in [2.05, 4.69) is 4.90 Å². The number of piperazine rings is 1. The molecule has 0 aromatic heterocycles. The third kappa shape index (κ3) is 4.39. The Morgan fingerprint density at radius 3 is 2.33 bits per heavy atom. The van der Waals surface area contributed by atoms with Crippen LogP contribution in [-0.4, -0.2) is 96.9 Å². The SMILES string of the molecule is CN1C(=O)[C@H](CC(=O)N2CCN(CCOc3ccccc3)CC2)N(C)C1=O. The van der Waals surface area contributed by atoms with Gasteiger partial charge in [-0.05, 0) is 12.1 Å². The van der Waals surface area contributed by atoms with Crippen molar-refractivity contribution in [3.63, 3.8) is 0 Å². The van der Waals surface area contributed by atoms with Crippen molar-refractivity contribution in [2.24, 2.45) is 0 Å². The van der Waals surface area contributed by atoms with E-state index < -0.39 is 6.04 Å². The normalized spacial score (nSPS) is 21.1. The second kappa shape index (κ2) is 8.39. The summed E-state index contributed by atoms with van der Waals surface area (Å²) in [5.74, 6) is 0.465. The Morgan fingerprint density at radius 1 is 1.07 bits per heavy atom. The van der Waals surface area contributed by atoms with E-state index in [0.717, 1.165) is 30.3 Å². The number of likely N-dealkylation sites (N-methyl/N-ethyl adjacent to an activating group) is 2. The van der Waals surface area contributed by atoms with Gasteiger partial charge in [0.1, 0.15) is 18.4 Å². The summed E-state index contributed by atoms with van der Waals surface area (Å²) < 4.78 is 5.71. The molecule has 2 fully saturated rings. The van der Waals surface area contributed by atoms with Gasteiger partial charge in [0.15, 0.2) is 0 Å². The van der Waals surface area contributed by atoms with Crippen molar-refractivity contribution in [3.8, 4) is 5.75 Å². The number of para-hydroxylation sites is 1. The molecule has 1 atom stereocenters. The van der Waals surface area contributed by atoms with Gasteiger partial charge in [-0.25, -0.2) is 4.79 Å². The summed E-state index contributed by atoms with van der Waals surface area (Å²) in [5, 5.41) is 0. The zero-order valence-electron chi connectivity index (χ0n) is 15.8. The molecule has 146 valence electrons. The van der Waals surface area contributed by atoms with E-state index >= 15 is 0 Å². The molecule has 2 heterocycles. The molecule has 0 saturated carbocycles. The lowest BCUT2D eigenvalue weighted by Crippen LogP contribution is -2.50. The molecule has 0 bridgehead atoms. The highest BCUT2D eigenvalue weighted by molar-refractivity contribution is 6.05. The minimum Gasteiger partial charge on any atom is -0.492 e. The van der Waals surface area contributed by atoms with Crippen molar-refractivity contribution in [2.45, 2.75) is 12.5 Å². The second-order valence-electron chi connectivity index (χ2n) is 6.89. The third-order valence-electron chi connectivity index (χ3n) is 5.18. The van der Waals surface area contributed by atoms with Gasteiger partial charge in [-0.3, -0.25) is 19.4 Å². The van der Waals surface area contributed by atoms with E-state index in [1.54, 1.807) is 11.9 Å². The average Bonchev–Trinajstić information content (AvgIpc) is 2.87. The highest BCUT2D eigenvalue weighted by Crippen LogP contribution is 2.18. The maximum Gasteiger partial charge on any atom is 0.326 e. The maximum absolute atomic E-state index is 12.5. The molecular weight excluding hydrogens is 348 g/mol. The molecular formula is C19H26N4O4. The molecule has 8 heteroatoms. The number of urea groups is 1. The summed E-state index contributed by atoms with van der Waals surface area (Å²) >= 11 is 0. The molecule has 2 aliphatic rings. The van der Waals surface area contributed by atoms with Crippen molar-refractivity contribution in [2.75, 3.05) is 53.4 Å². The van der Waals surface area contributed by atoms with Gasteiger partial charge in [0.05, 0.1) is 6.42 Å². The number of ether oxygens (including phenoxy) is 1. The van der Waals surface area contributed by atoms with Crippen LogP contribution in [0.15, 0.2) is 30.3 Å². The number of hydrogen-bond donors (Lipinski definition) is 0. The van der Waals surface area contributed by atoms with E-state index in [9.17, 15) is 14.4 Å². The summed E-state index contributed by atoms with van der Waals surface area (Å²) in [7, 11) is 3.01. The average molecular weight is 374 g/mol. The highest BCUT2D eigenvalue weighted by Gasteiger charge is 2.42. The number of nitrogens with zero attached hydrogens (tertiary/aromatic N) is 4. The molecule has 3 rings (SSSR count). The number of imide groups is 1. The van der Waals surface area contributed by atoms with Crippen molar-refractivity contribution in [3.05, 3.63) is 30.3 Å². The fraction of sp³-hybridized carbons (Fsp3) is 0.526. The van der Waals surface area contributed by atoms with Gasteiger partial charge in [0.25, 0.3) is 5.91 Å². The summed E-state index contributed by atoms with van der Waals surface area (Å²) in [6.45, 7) is 4.21. The Hall–Kier alpha value is -2.61. The largest absolute Gasteiger partial charge is 0.492 e. The highest BCUT2D eigenvalue weighted by atomic mass is 16.5. The molecule has 1 aromatic rings. The van der Waals surface area contributed by atoms with Gasteiger partial charge in [-0.1, -0.05) is 18.2 Å². The van der Waals surface area contributed by atoms with Crippen LogP contribution in [0.25, 0.3) is 0 Å². The minimum absolute atomic E-state index is 0.0442. The molecule has 8 nitrogen and oxygen atoms in total. The van der Waals surface area contributed by atoms with E-state index in [1.165, 1.54) is 11.9 Å². The van der Waals surface area contributed by atoms with Crippen molar-refractivity contribution < 1.29 is 19.1 Å². The van der Waals surface area contributed by atoms with E-state index in [-0.39, 0.29) is 24.3 Å². The van der Waals surface area contributed by atoms with Crippen LogP contribution in [0.5, 0.6) is 5.75 Å². The van der Waals surface area contributed by atoms with Crippen molar-refractivity contribution >= 4 is 17.8 Å². The molecule has 0 N–H and O–H groups in total. The first-order chi connectivity index (χ1) is 13.0. The third-order valence-corrected chi connectivity index (χ3v) is 5.18. The van der Waals surface area contributed by atoms with Gasteiger partial charge in [0.2, 0.25) is 5.91 Å². The lowest BCUT2D eigenvalue weighted by atomic mass is 10.1. The van der Waals surface area contributed by atoms with E-state index in [4.69, 9.17) is 4.74 Å². The van der Waals surface area contributed by atoms with Crippen LogP contribution in [0.1, 0.15) is 6.42 Å². The quantitative estimate of drug-likeness (QED) is 0.678. The Labute approximate surface area is 159 Å². The number of carbonyl (C=O) groups is 3. The second-order valence-corrected chi connectivity index (χ2v) is 6.89. The zero-order valence-corrected chi connectivity index (χ0v) is 15.8. The van der Waals surface area contributed by atoms with E-state index in [0.29, 0.717) is 19.7 Å². The number of benzene rings is 1. The summed E-state index contributed by atoms with van der Waals surface area (Å²) in [5.41, 5.74) is 0. The van der Waals surface area contributed by atoms with Gasteiger partial charge in [0, 0.05) is 46.8 Å². The molecule has 2 saturated heterocycles. The Kier molecular flexibility index (Phi) is 5.95. The first kappa shape index (κ1) is 19.2. The Morgan fingerprint density at radius 2 is 1.74 bits per heavy atom. The standard InChI is InChI=1S/C19H26N4O4/c1-20-16(18(25)21(2)19(20)26)14-17(24)23-10-8-22(9-11-23)12-13-27-15-6-4-3-5-7-15/h3-7,16H,8-14H2,1-2H3/t16-/m0/s1. The molecule has 0 radical (unpaired) electrons. The van der Waals surface area contributed by atoms with Gasteiger partial charge in [-0.2, -0.15) is 0 Å². The van der Waals surface area contributed by atoms with Gasteiger partial charge >= 0.3 is 6.03 Å². The van der Waals surface area contributed by atoms with Crippen molar-refractivity contribution in [1.29, 1.82) is 0 Å². The van der Waals surface area contributed by atoms with Gasteiger partial charge < -0.3 is 14.5 Å². The molecule has 0 aliphatic carbocycles. The minimum atomic E-state index is -0.688. The number of carbonyl (C=O) groups excluding carboxylic acids is 3. The monoisotopic (exact) mass is 374 g/mol. The number of rotatable bonds is 6. The van der Waals surface area contributed by atoms with Crippen LogP contribution in [0.2, 0.25) is 0 Å². The molecule has 4 amide bonds. The first-order valence-corrected chi connectivity index (χ1v) is 9.19.